The van der Waals surface area contributed by atoms with Crippen LogP contribution in [0.4, 0.5) is 0 Å². The minimum Gasteiger partial charge on any atom is -0.508 e. The third kappa shape index (κ3) is 18.7. The van der Waals surface area contributed by atoms with E-state index in [0.717, 1.165) is 13.2 Å². The number of phenols is 4. The maximum atomic E-state index is 12.7. The van der Waals surface area contributed by atoms with Gasteiger partial charge in [-0.3, -0.25) is 0 Å². The van der Waals surface area contributed by atoms with Gasteiger partial charge in [0.1, 0.15) is 71.7 Å². The zero-order valence-corrected chi connectivity index (χ0v) is 48.4. The first kappa shape index (κ1) is 63.6. The van der Waals surface area contributed by atoms with E-state index in [1.54, 1.807) is 36.4 Å². The van der Waals surface area contributed by atoms with Crippen molar-refractivity contribution in [3.05, 3.63) is 219 Å². The van der Waals surface area contributed by atoms with Crippen molar-refractivity contribution >= 4 is 39.3 Å². The van der Waals surface area contributed by atoms with Gasteiger partial charge in [-0.2, -0.15) is 0 Å². The lowest BCUT2D eigenvalue weighted by Gasteiger charge is -2.08. The molecule has 83 heavy (non-hydrogen) atoms. The van der Waals surface area contributed by atoms with Crippen LogP contribution in [0.15, 0.2) is 258 Å². The van der Waals surface area contributed by atoms with Gasteiger partial charge in [-0.15, -0.1) is 0 Å². The lowest BCUT2D eigenvalue weighted by atomic mass is 10.3. The summed E-state index contributed by atoms with van der Waals surface area (Å²) in [5.41, 5.74) is 0. The van der Waals surface area contributed by atoms with Crippen molar-refractivity contribution < 1.29 is 77.8 Å². The standard InChI is InChI=1S/C28H24O8S2.C26H20O8S2.C8H18O/c29-21-3-11-25(12-4-21)37(31,32)27-15-7-23(8-16-27)35-19-1-2-20-36-24-9-17-28(18-10-24)38(33,34)26-13-5-22(30)6-14-26;27-19-1-9-23(10-2-19)35(29,30)25-13-5-21(6-14-25)33-17-18-34-22-7-15-26(16-8-22)36(31,32)24-11-3-20(28)4-12-24;1-3-5-7-9-8-6-4-2/h1-18,29-30H,19-20H2;1-18,27-28H;3-8H2,1-2H3. The molecule has 0 aliphatic rings. The van der Waals surface area contributed by atoms with Crippen LogP contribution in [0.3, 0.4) is 0 Å². The van der Waals surface area contributed by atoms with Gasteiger partial charge < -0.3 is 44.1 Å². The third-order valence-corrected chi connectivity index (χ3v) is 18.9. The Labute approximate surface area is 484 Å². The van der Waals surface area contributed by atoms with Crippen molar-refractivity contribution in [3.8, 4) is 46.0 Å². The summed E-state index contributed by atoms with van der Waals surface area (Å²) < 4.78 is 129. The van der Waals surface area contributed by atoms with E-state index in [9.17, 15) is 54.1 Å². The molecule has 0 fully saturated rings. The molecule has 0 unspecified atom stereocenters. The van der Waals surface area contributed by atoms with Crippen molar-refractivity contribution in [3.63, 3.8) is 0 Å². The van der Waals surface area contributed by atoms with Gasteiger partial charge in [-0.1, -0.05) is 26.7 Å². The number of rotatable bonds is 24. The van der Waals surface area contributed by atoms with E-state index in [2.05, 4.69) is 13.8 Å². The molecule has 0 aliphatic carbocycles. The van der Waals surface area contributed by atoms with E-state index < -0.39 is 39.3 Å². The van der Waals surface area contributed by atoms with Crippen LogP contribution in [-0.4, -0.2) is 80.5 Å². The molecule has 8 aromatic carbocycles. The summed E-state index contributed by atoms with van der Waals surface area (Å²) in [5, 5.41) is 37.4. The van der Waals surface area contributed by atoms with Crippen molar-refractivity contribution in [2.75, 3.05) is 26.4 Å². The monoisotopic (exact) mass is 1210 g/mol. The van der Waals surface area contributed by atoms with Crippen LogP contribution in [0.2, 0.25) is 0 Å². The quantitative estimate of drug-likeness (QED) is 0.0249. The van der Waals surface area contributed by atoms with Gasteiger partial charge in [0.05, 0.1) is 39.2 Å². The molecule has 0 bridgehead atoms. The highest BCUT2D eigenvalue weighted by atomic mass is 32.2. The number of aromatic hydroxyl groups is 4. The van der Waals surface area contributed by atoms with Gasteiger partial charge in [-0.05, 0) is 219 Å². The highest BCUT2D eigenvalue weighted by Crippen LogP contribution is 2.29. The molecule has 0 atom stereocenters. The predicted octanol–water partition coefficient (Wildman–Crippen LogP) is 12.1. The molecule has 0 aliphatic heterocycles. The first-order chi connectivity index (χ1) is 39.7. The Morgan fingerprint density at radius 1 is 0.313 bits per heavy atom. The molecule has 17 nitrogen and oxygen atoms in total. The van der Waals surface area contributed by atoms with E-state index >= 15 is 0 Å². The van der Waals surface area contributed by atoms with Gasteiger partial charge in [0.15, 0.2) is 0 Å². The van der Waals surface area contributed by atoms with E-state index in [4.69, 9.17) is 23.7 Å². The van der Waals surface area contributed by atoms with Gasteiger partial charge in [0, 0.05) is 13.2 Å². The van der Waals surface area contributed by atoms with Crippen LogP contribution in [0.25, 0.3) is 0 Å². The Hall–Kier alpha value is -8.60. The van der Waals surface area contributed by atoms with Gasteiger partial charge in [-0.25, -0.2) is 33.7 Å². The van der Waals surface area contributed by atoms with Crippen LogP contribution >= 0.6 is 0 Å². The number of hydrogen-bond donors (Lipinski definition) is 4. The van der Waals surface area contributed by atoms with Crippen LogP contribution in [0.5, 0.6) is 46.0 Å². The van der Waals surface area contributed by atoms with Crippen LogP contribution in [0, 0.1) is 0 Å². The second kappa shape index (κ2) is 30.5. The molecule has 0 radical (unpaired) electrons. The molecule has 0 heterocycles. The zero-order valence-electron chi connectivity index (χ0n) is 45.2. The number of phenolic OH excluding ortho intramolecular Hbond substituents is 4. The number of ether oxygens (including phenoxy) is 5. The van der Waals surface area contributed by atoms with Crippen molar-refractivity contribution in [1.82, 2.24) is 0 Å². The van der Waals surface area contributed by atoms with Crippen LogP contribution in [-0.2, 0) is 44.1 Å². The normalized spacial score (nSPS) is 11.7. The Morgan fingerprint density at radius 2 is 0.518 bits per heavy atom. The fraction of sp³-hybridized carbons (Fsp3) is 0.161. The second-order valence-corrected chi connectivity index (χ2v) is 25.6. The molecule has 436 valence electrons. The summed E-state index contributed by atoms with van der Waals surface area (Å²) in [5.74, 6) is 1.65. The van der Waals surface area contributed by atoms with Crippen LogP contribution < -0.4 is 18.9 Å². The fourth-order valence-corrected chi connectivity index (χ4v) is 12.1. The maximum absolute atomic E-state index is 12.7. The van der Waals surface area contributed by atoms with Crippen molar-refractivity contribution in [2.45, 2.75) is 78.7 Å². The predicted molar refractivity (Wildman–Crippen MR) is 311 cm³/mol. The van der Waals surface area contributed by atoms with E-state index in [0.29, 0.717) is 23.0 Å². The SMILES string of the molecule is CCCCOCCCC.O=S(=O)(c1ccc(O)cc1)c1ccc(OC=COc2ccc(S(=O)(=O)c3ccc(O)cc3)cc2)cc1.O=S(=O)(c1ccc(O)cc1)c1ccc(OCC=CCOc2ccc(S(=O)(=O)c3ccc(O)cc3)cc2)cc1. The average Bonchev–Trinajstić information content (AvgIpc) is 3.61. The van der Waals surface area contributed by atoms with Crippen molar-refractivity contribution in [2.24, 2.45) is 0 Å². The zero-order chi connectivity index (χ0) is 59.9. The summed E-state index contributed by atoms with van der Waals surface area (Å²) in [6.07, 6.45) is 10.9. The van der Waals surface area contributed by atoms with Gasteiger partial charge >= 0.3 is 0 Å². The Balaban J connectivity index is 0.000000232. The Kier molecular flexibility index (Phi) is 23.3. The van der Waals surface area contributed by atoms with Gasteiger partial charge in [0.25, 0.3) is 0 Å². The largest absolute Gasteiger partial charge is 0.508 e. The summed E-state index contributed by atoms with van der Waals surface area (Å²) >= 11 is 0. The molecular weight excluding hydrogens is 1140 g/mol. The highest BCUT2D eigenvalue weighted by molar-refractivity contribution is 7.92. The number of sulfone groups is 4. The maximum Gasteiger partial charge on any atom is 0.206 e. The highest BCUT2D eigenvalue weighted by Gasteiger charge is 2.21. The topological polar surface area (TPSA) is 264 Å². The molecule has 8 aromatic rings. The lowest BCUT2D eigenvalue weighted by molar-refractivity contribution is 0.128. The summed E-state index contributed by atoms with van der Waals surface area (Å²) in [6.45, 7) is 6.74. The van der Waals surface area contributed by atoms with E-state index in [-0.39, 0.29) is 75.4 Å². The first-order valence-electron chi connectivity index (χ1n) is 25.8. The van der Waals surface area contributed by atoms with Crippen LogP contribution in [0.1, 0.15) is 39.5 Å². The lowest BCUT2D eigenvalue weighted by Crippen LogP contribution is -2.02. The van der Waals surface area contributed by atoms with Gasteiger partial charge in [0.2, 0.25) is 39.3 Å². The number of benzene rings is 8. The number of unbranched alkanes of at least 4 members (excludes halogenated alkanes) is 2. The van der Waals surface area contributed by atoms with E-state index in [1.165, 1.54) is 208 Å². The fourth-order valence-electron chi connectivity index (χ4n) is 7.10. The summed E-state index contributed by atoms with van der Waals surface area (Å²) in [7, 11) is -14.9. The second-order valence-electron chi connectivity index (χ2n) is 17.8. The van der Waals surface area contributed by atoms with Crippen molar-refractivity contribution in [1.29, 1.82) is 0 Å². The smallest absolute Gasteiger partial charge is 0.206 e. The molecular formula is C62H62O17S4. The number of hydrogen-bond acceptors (Lipinski definition) is 17. The third-order valence-electron chi connectivity index (χ3n) is 11.7. The minimum absolute atomic E-state index is 0.0125. The molecule has 0 spiro atoms. The summed E-state index contributed by atoms with van der Waals surface area (Å²) in [6, 6.07) is 44.8. The average molecular weight is 1210 g/mol. The molecule has 0 saturated carbocycles. The molecule has 4 N–H and O–H groups in total. The molecule has 0 saturated heterocycles. The minimum atomic E-state index is -3.73. The Bertz CT molecular complexity index is 3560. The Morgan fingerprint density at radius 3 is 0.735 bits per heavy atom. The summed E-state index contributed by atoms with van der Waals surface area (Å²) in [4.78, 5) is 0.656. The molecule has 0 amide bonds. The molecule has 21 heteroatoms. The first-order valence-corrected chi connectivity index (χ1v) is 31.7. The molecule has 8 rings (SSSR count). The molecule has 0 aromatic heterocycles. The van der Waals surface area contributed by atoms with E-state index in [1.807, 2.05) is 0 Å².